The van der Waals surface area contributed by atoms with Crippen molar-refractivity contribution in [2.24, 2.45) is 0 Å². The van der Waals surface area contributed by atoms with Crippen LogP contribution in [-0.4, -0.2) is 61.7 Å². The number of amides is 1. The number of unbranched alkanes of at least 4 members (excludes halogenated alkanes) is 2. The number of carboxylic acid groups (broad SMARTS) is 1. The normalized spacial score (nSPS) is 13.9. The standard InChI is InChI=1S/C20H36N4O4/c1-4-6-11-16(22-14-9-15-25)19(26)24-18(10-5-2)23-17(20(27)28)12-7-8-13-21-3/h2,15-18,21-23H,4,6-14H2,1,3H3,(H,24,26)(H,27,28)/t16?,17?,18-/m0/s1. The topological polar surface area (TPSA) is 120 Å². The molecule has 0 aromatic carbocycles. The average Bonchev–Trinajstić information content (AvgIpc) is 2.66. The zero-order valence-corrected chi connectivity index (χ0v) is 17.1. The van der Waals surface area contributed by atoms with Gasteiger partial charge in [0.1, 0.15) is 12.3 Å². The fraction of sp³-hybridized carbons (Fsp3) is 0.750. The van der Waals surface area contributed by atoms with Crippen molar-refractivity contribution in [3.05, 3.63) is 0 Å². The summed E-state index contributed by atoms with van der Waals surface area (Å²) in [5.41, 5.74) is 0. The molecule has 5 N–H and O–H groups in total. The molecule has 0 aromatic heterocycles. The van der Waals surface area contributed by atoms with Crippen LogP contribution >= 0.6 is 0 Å². The summed E-state index contributed by atoms with van der Waals surface area (Å²) in [7, 11) is 1.85. The second-order valence-electron chi connectivity index (χ2n) is 6.73. The van der Waals surface area contributed by atoms with Crippen molar-refractivity contribution < 1.29 is 19.5 Å². The molecule has 8 nitrogen and oxygen atoms in total. The predicted octanol–water partition coefficient (Wildman–Crippen LogP) is 0.622. The molecular weight excluding hydrogens is 360 g/mol. The minimum atomic E-state index is -0.965. The molecule has 0 bridgehead atoms. The van der Waals surface area contributed by atoms with E-state index >= 15 is 0 Å². The molecule has 0 aromatic rings. The van der Waals surface area contributed by atoms with Crippen LogP contribution in [0.2, 0.25) is 0 Å². The minimum absolute atomic E-state index is 0.181. The Balaban J connectivity index is 4.85. The summed E-state index contributed by atoms with van der Waals surface area (Å²) in [5.74, 6) is 1.27. The van der Waals surface area contributed by atoms with Crippen molar-refractivity contribution in [3.8, 4) is 12.3 Å². The summed E-state index contributed by atoms with van der Waals surface area (Å²) in [6.07, 6.45) is 10.6. The smallest absolute Gasteiger partial charge is 0.320 e. The lowest BCUT2D eigenvalue weighted by Crippen LogP contribution is -2.56. The number of carbonyl (C=O) groups is 3. The second kappa shape index (κ2) is 17.2. The maximum Gasteiger partial charge on any atom is 0.320 e. The molecule has 0 radical (unpaired) electrons. The lowest BCUT2D eigenvalue weighted by Gasteiger charge is -2.26. The van der Waals surface area contributed by atoms with Crippen molar-refractivity contribution in [1.82, 2.24) is 21.3 Å². The van der Waals surface area contributed by atoms with Crippen LogP contribution in [0.25, 0.3) is 0 Å². The van der Waals surface area contributed by atoms with Crippen LogP contribution in [-0.2, 0) is 14.4 Å². The van der Waals surface area contributed by atoms with Crippen molar-refractivity contribution in [3.63, 3.8) is 0 Å². The molecule has 1 amide bonds. The lowest BCUT2D eigenvalue weighted by atomic mass is 10.1. The van der Waals surface area contributed by atoms with E-state index in [1.807, 2.05) is 14.0 Å². The van der Waals surface area contributed by atoms with E-state index in [2.05, 4.69) is 27.2 Å². The molecule has 160 valence electrons. The molecule has 2 unspecified atom stereocenters. The molecule has 0 saturated carbocycles. The van der Waals surface area contributed by atoms with Gasteiger partial charge in [0.15, 0.2) is 0 Å². The van der Waals surface area contributed by atoms with Gasteiger partial charge in [-0.3, -0.25) is 14.9 Å². The summed E-state index contributed by atoms with van der Waals surface area (Å²) in [4.78, 5) is 34.7. The van der Waals surface area contributed by atoms with Crippen LogP contribution in [0.4, 0.5) is 0 Å². The first kappa shape index (κ1) is 26.1. The molecule has 0 aliphatic heterocycles. The number of aldehydes is 1. The number of carbonyl (C=O) groups excluding carboxylic acids is 2. The fourth-order valence-electron chi connectivity index (χ4n) is 2.76. The van der Waals surface area contributed by atoms with Crippen LogP contribution in [0.5, 0.6) is 0 Å². The van der Waals surface area contributed by atoms with Gasteiger partial charge in [-0.2, -0.15) is 0 Å². The van der Waals surface area contributed by atoms with Crippen LogP contribution in [0.3, 0.4) is 0 Å². The van der Waals surface area contributed by atoms with Gasteiger partial charge in [-0.15, -0.1) is 12.3 Å². The number of rotatable bonds is 18. The Labute approximate surface area is 168 Å². The van der Waals surface area contributed by atoms with Crippen LogP contribution < -0.4 is 21.3 Å². The van der Waals surface area contributed by atoms with Gasteiger partial charge in [-0.25, -0.2) is 0 Å². The van der Waals surface area contributed by atoms with Gasteiger partial charge < -0.3 is 25.9 Å². The highest BCUT2D eigenvalue weighted by molar-refractivity contribution is 5.82. The van der Waals surface area contributed by atoms with Crippen LogP contribution in [0, 0.1) is 12.3 Å². The third kappa shape index (κ3) is 12.4. The average molecular weight is 397 g/mol. The summed E-state index contributed by atoms with van der Waals surface area (Å²) in [6, 6.07) is -1.23. The van der Waals surface area contributed by atoms with E-state index in [1.165, 1.54) is 0 Å². The molecule has 8 heteroatoms. The zero-order valence-electron chi connectivity index (χ0n) is 17.1. The highest BCUT2D eigenvalue weighted by Gasteiger charge is 2.24. The quantitative estimate of drug-likeness (QED) is 0.0997. The first-order valence-corrected chi connectivity index (χ1v) is 10.0. The fourth-order valence-corrected chi connectivity index (χ4v) is 2.76. The van der Waals surface area contributed by atoms with E-state index in [-0.39, 0.29) is 12.3 Å². The number of terminal acetylenes is 1. The monoisotopic (exact) mass is 396 g/mol. The lowest BCUT2D eigenvalue weighted by molar-refractivity contribution is -0.140. The molecule has 0 fully saturated rings. The maximum absolute atomic E-state index is 12.7. The van der Waals surface area contributed by atoms with E-state index in [0.29, 0.717) is 25.8 Å². The van der Waals surface area contributed by atoms with E-state index in [0.717, 1.165) is 38.5 Å². The first-order valence-electron chi connectivity index (χ1n) is 10.0. The molecular formula is C20H36N4O4. The van der Waals surface area contributed by atoms with Gasteiger partial charge in [-0.1, -0.05) is 26.2 Å². The number of hydrogen-bond donors (Lipinski definition) is 5. The summed E-state index contributed by atoms with van der Waals surface area (Å²) >= 11 is 0. The molecule has 0 rings (SSSR count). The van der Waals surface area contributed by atoms with Gasteiger partial charge in [0.25, 0.3) is 0 Å². The van der Waals surface area contributed by atoms with Crippen molar-refractivity contribution in [2.45, 2.75) is 76.5 Å². The first-order chi connectivity index (χ1) is 13.5. The van der Waals surface area contributed by atoms with Crippen LogP contribution in [0.15, 0.2) is 0 Å². The molecule has 0 heterocycles. The Kier molecular flexibility index (Phi) is 16.0. The number of nitrogens with one attached hydrogen (secondary N) is 4. The summed E-state index contributed by atoms with van der Waals surface area (Å²) in [6.45, 7) is 3.28. The van der Waals surface area contributed by atoms with Crippen molar-refractivity contribution in [1.29, 1.82) is 0 Å². The van der Waals surface area contributed by atoms with Crippen molar-refractivity contribution in [2.75, 3.05) is 20.1 Å². The molecule has 0 aliphatic rings. The Morgan fingerprint density at radius 1 is 1.14 bits per heavy atom. The molecule has 3 atom stereocenters. The van der Waals surface area contributed by atoms with Gasteiger partial charge >= 0.3 is 5.97 Å². The summed E-state index contributed by atoms with van der Waals surface area (Å²) in [5, 5.41) is 21.4. The zero-order chi connectivity index (χ0) is 21.2. The Hall–Kier alpha value is -1.95. The molecule has 0 spiro atoms. The SMILES string of the molecule is C#CC[C@H](NC(=O)C(CCCC)NCCC=O)NC(CCCCNC)C(=O)O. The highest BCUT2D eigenvalue weighted by Crippen LogP contribution is 2.05. The molecule has 0 aliphatic carbocycles. The van der Waals surface area contributed by atoms with Crippen LogP contribution in [0.1, 0.15) is 58.3 Å². The maximum atomic E-state index is 12.7. The Bertz CT molecular complexity index is 493. The van der Waals surface area contributed by atoms with E-state index in [4.69, 9.17) is 6.42 Å². The number of aliphatic carboxylic acids is 1. The largest absolute Gasteiger partial charge is 0.480 e. The predicted molar refractivity (Wildman–Crippen MR) is 110 cm³/mol. The number of carboxylic acids is 1. The highest BCUT2D eigenvalue weighted by atomic mass is 16.4. The second-order valence-corrected chi connectivity index (χ2v) is 6.73. The Morgan fingerprint density at radius 3 is 2.43 bits per heavy atom. The Morgan fingerprint density at radius 2 is 1.86 bits per heavy atom. The molecule has 28 heavy (non-hydrogen) atoms. The van der Waals surface area contributed by atoms with Gasteiger partial charge in [0.05, 0.1) is 12.2 Å². The van der Waals surface area contributed by atoms with Gasteiger partial charge in [0, 0.05) is 19.4 Å². The minimum Gasteiger partial charge on any atom is -0.480 e. The number of hydrogen-bond acceptors (Lipinski definition) is 6. The molecule has 0 saturated heterocycles. The van der Waals surface area contributed by atoms with E-state index < -0.39 is 24.2 Å². The third-order valence-corrected chi connectivity index (χ3v) is 4.32. The third-order valence-electron chi connectivity index (χ3n) is 4.32. The summed E-state index contributed by atoms with van der Waals surface area (Å²) < 4.78 is 0. The van der Waals surface area contributed by atoms with E-state index in [1.54, 1.807) is 0 Å². The van der Waals surface area contributed by atoms with Crippen molar-refractivity contribution >= 4 is 18.2 Å². The van der Waals surface area contributed by atoms with Gasteiger partial charge in [-0.05, 0) is 32.9 Å². The van der Waals surface area contributed by atoms with Gasteiger partial charge in [0.2, 0.25) is 5.91 Å². The van der Waals surface area contributed by atoms with E-state index in [9.17, 15) is 19.5 Å².